The van der Waals surface area contributed by atoms with Crippen molar-refractivity contribution in [2.45, 2.75) is 38.6 Å². The van der Waals surface area contributed by atoms with Crippen LogP contribution in [0, 0.1) is 11.7 Å². The Bertz CT molecular complexity index is 436. The van der Waals surface area contributed by atoms with Crippen molar-refractivity contribution in [2.24, 2.45) is 5.92 Å². The van der Waals surface area contributed by atoms with Crippen LogP contribution < -0.4 is 5.32 Å². The van der Waals surface area contributed by atoms with Gasteiger partial charge in [0.15, 0.2) is 0 Å². The third-order valence-corrected chi connectivity index (χ3v) is 2.93. The highest BCUT2D eigenvalue weighted by Gasteiger charge is 2.45. The molecule has 17 heavy (non-hydrogen) atoms. The average molecular weight is 235 g/mol. The SMILES string of the molecule is CC(C)(C)NC(=O)C1CC1c1ccccc1F. The van der Waals surface area contributed by atoms with Gasteiger partial charge in [-0.2, -0.15) is 0 Å². The van der Waals surface area contributed by atoms with E-state index in [1.807, 2.05) is 26.8 Å². The van der Waals surface area contributed by atoms with Gasteiger partial charge < -0.3 is 5.32 Å². The Balaban J connectivity index is 2.02. The molecule has 0 bridgehead atoms. The van der Waals surface area contributed by atoms with E-state index in [0.717, 1.165) is 6.42 Å². The molecule has 0 aliphatic heterocycles. The van der Waals surface area contributed by atoms with Crippen LogP contribution in [0.3, 0.4) is 0 Å². The predicted molar refractivity (Wildman–Crippen MR) is 65.1 cm³/mol. The van der Waals surface area contributed by atoms with Crippen molar-refractivity contribution in [3.63, 3.8) is 0 Å². The van der Waals surface area contributed by atoms with Crippen molar-refractivity contribution in [3.05, 3.63) is 35.6 Å². The molecule has 92 valence electrons. The quantitative estimate of drug-likeness (QED) is 0.839. The Kier molecular flexibility index (Phi) is 2.94. The second-order valence-electron chi connectivity index (χ2n) is 5.71. The molecule has 2 nitrogen and oxygen atoms in total. The van der Waals surface area contributed by atoms with Gasteiger partial charge in [-0.3, -0.25) is 4.79 Å². The highest BCUT2D eigenvalue weighted by Crippen LogP contribution is 2.48. The summed E-state index contributed by atoms with van der Waals surface area (Å²) in [5.74, 6) is -0.181. The van der Waals surface area contributed by atoms with Gasteiger partial charge >= 0.3 is 0 Å². The van der Waals surface area contributed by atoms with Crippen LogP contribution in [0.15, 0.2) is 24.3 Å². The van der Waals surface area contributed by atoms with E-state index >= 15 is 0 Å². The lowest BCUT2D eigenvalue weighted by Crippen LogP contribution is -2.41. The largest absolute Gasteiger partial charge is 0.351 e. The summed E-state index contributed by atoms with van der Waals surface area (Å²) < 4.78 is 13.5. The first-order valence-electron chi connectivity index (χ1n) is 5.95. The number of hydrogen-bond donors (Lipinski definition) is 1. The smallest absolute Gasteiger partial charge is 0.224 e. The minimum absolute atomic E-state index is 0.0331. The Morgan fingerprint density at radius 2 is 2.00 bits per heavy atom. The summed E-state index contributed by atoms with van der Waals surface area (Å²) in [6, 6.07) is 6.71. The van der Waals surface area contributed by atoms with Crippen LogP contribution >= 0.6 is 0 Å². The molecule has 1 aliphatic rings. The van der Waals surface area contributed by atoms with Crippen LogP contribution in [-0.2, 0) is 4.79 Å². The van der Waals surface area contributed by atoms with Gasteiger partial charge in [0.05, 0.1) is 0 Å². The van der Waals surface area contributed by atoms with Crippen molar-refractivity contribution in [1.82, 2.24) is 5.32 Å². The fourth-order valence-electron chi connectivity index (χ4n) is 2.07. The lowest BCUT2D eigenvalue weighted by Gasteiger charge is -2.20. The standard InChI is InChI=1S/C14H18FNO/c1-14(2,3)16-13(17)11-8-10(11)9-6-4-5-7-12(9)15/h4-7,10-11H,8H2,1-3H3,(H,16,17). The van der Waals surface area contributed by atoms with E-state index in [-0.39, 0.29) is 29.1 Å². The van der Waals surface area contributed by atoms with E-state index in [4.69, 9.17) is 0 Å². The number of rotatable bonds is 2. The Hall–Kier alpha value is -1.38. The number of hydrogen-bond acceptors (Lipinski definition) is 1. The van der Waals surface area contributed by atoms with Crippen LogP contribution in [0.1, 0.15) is 38.7 Å². The van der Waals surface area contributed by atoms with Crippen LogP contribution in [0.5, 0.6) is 0 Å². The molecule has 0 radical (unpaired) electrons. The molecule has 3 heteroatoms. The normalized spacial score (nSPS) is 23.3. The number of carbonyl (C=O) groups is 1. The minimum Gasteiger partial charge on any atom is -0.351 e. The van der Waals surface area contributed by atoms with Gasteiger partial charge in [0.2, 0.25) is 5.91 Å². The van der Waals surface area contributed by atoms with Crippen LogP contribution in [0.2, 0.25) is 0 Å². The molecule has 1 aromatic rings. The Labute approximate surface area is 101 Å². The van der Waals surface area contributed by atoms with Crippen molar-refractivity contribution < 1.29 is 9.18 Å². The third kappa shape index (κ3) is 2.84. The molecule has 2 unspecified atom stereocenters. The van der Waals surface area contributed by atoms with Crippen molar-refractivity contribution >= 4 is 5.91 Å². The maximum atomic E-state index is 13.5. The van der Waals surface area contributed by atoms with E-state index in [2.05, 4.69) is 5.32 Å². The van der Waals surface area contributed by atoms with Gasteiger partial charge in [-0.15, -0.1) is 0 Å². The number of benzene rings is 1. The summed E-state index contributed by atoms with van der Waals surface area (Å²) in [5.41, 5.74) is 0.445. The van der Waals surface area contributed by atoms with Crippen LogP contribution in [-0.4, -0.2) is 11.4 Å². The summed E-state index contributed by atoms with van der Waals surface area (Å²) in [7, 11) is 0. The Morgan fingerprint density at radius 3 is 2.59 bits per heavy atom. The molecule has 2 rings (SSSR count). The van der Waals surface area contributed by atoms with Crippen molar-refractivity contribution in [1.29, 1.82) is 0 Å². The predicted octanol–water partition coefficient (Wildman–Crippen LogP) is 2.84. The second kappa shape index (κ2) is 4.13. The fraction of sp³-hybridized carbons (Fsp3) is 0.500. The maximum absolute atomic E-state index is 13.5. The zero-order valence-corrected chi connectivity index (χ0v) is 10.5. The Morgan fingerprint density at radius 1 is 1.35 bits per heavy atom. The molecular weight excluding hydrogens is 217 g/mol. The van der Waals surface area contributed by atoms with E-state index < -0.39 is 0 Å². The first-order valence-corrected chi connectivity index (χ1v) is 5.95. The molecule has 0 spiro atoms. The molecule has 1 saturated carbocycles. The van der Waals surface area contributed by atoms with E-state index in [0.29, 0.717) is 5.56 Å². The molecule has 2 atom stereocenters. The van der Waals surface area contributed by atoms with Gasteiger partial charge in [-0.05, 0) is 44.7 Å². The van der Waals surface area contributed by atoms with Crippen molar-refractivity contribution in [3.8, 4) is 0 Å². The van der Waals surface area contributed by atoms with Crippen molar-refractivity contribution in [2.75, 3.05) is 0 Å². The molecule has 0 aromatic heterocycles. The van der Waals surface area contributed by atoms with Gasteiger partial charge in [-0.1, -0.05) is 18.2 Å². The average Bonchev–Trinajstić information content (AvgIpc) is 2.95. The molecule has 0 saturated heterocycles. The lowest BCUT2D eigenvalue weighted by molar-refractivity contribution is -0.123. The zero-order valence-electron chi connectivity index (χ0n) is 10.5. The highest BCUT2D eigenvalue weighted by molar-refractivity contribution is 5.83. The zero-order chi connectivity index (χ0) is 12.6. The highest BCUT2D eigenvalue weighted by atomic mass is 19.1. The lowest BCUT2D eigenvalue weighted by atomic mass is 10.1. The third-order valence-electron chi connectivity index (χ3n) is 2.93. The molecule has 1 aliphatic carbocycles. The van der Waals surface area contributed by atoms with Gasteiger partial charge in [-0.25, -0.2) is 4.39 Å². The van der Waals surface area contributed by atoms with Gasteiger partial charge in [0.25, 0.3) is 0 Å². The van der Waals surface area contributed by atoms with E-state index in [9.17, 15) is 9.18 Å². The molecular formula is C14H18FNO. The molecule has 1 aromatic carbocycles. The molecule has 0 heterocycles. The number of carbonyl (C=O) groups excluding carboxylic acids is 1. The summed E-state index contributed by atoms with van der Waals surface area (Å²) >= 11 is 0. The number of nitrogens with one attached hydrogen (secondary N) is 1. The minimum atomic E-state index is -0.223. The molecule has 1 amide bonds. The monoisotopic (exact) mass is 235 g/mol. The summed E-state index contributed by atoms with van der Waals surface area (Å²) in [4.78, 5) is 11.9. The maximum Gasteiger partial charge on any atom is 0.224 e. The topological polar surface area (TPSA) is 29.1 Å². The first kappa shape index (κ1) is 12.1. The molecule has 1 N–H and O–H groups in total. The number of halogens is 1. The van der Waals surface area contributed by atoms with E-state index in [1.54, 1.807) is 12.1 Å². The molecule has 1 fully saturated rings. The number of amides is 1. The van der Waals surface area contributed by atoms with Gasteiger partial charge in [0, 0.05) is 11.5 Å². The van der Waals surface area contributed by atoms with Crippen LogP contribution in [0.25, 0.3) is 0 Å². The summed E-state index contributed by atoms with van der Waals surface area (Å²) in [6.07, 6.45) is 0.753. The summed E-state index contributed by atoms with van der Waals surface area (Å²) in [6.45, 7) is 5.85. The first-order chi connectivity index (χ1) is 7.88. The van der Waals surface area contributed by atoms with Crippen LogP contribution in [0.4, 0.5) is 4.39 Å². The summed E-state index contributed by atoms with van der Waals surface area (Å²) in [5, 5.41) is 2.94. The second-order valence-corrected chi connectivity index (χ2v) is 5.71. The van der Waals surface area contributed by atoms with E-state index in [1.165, 1.54) is 6.07 Å². The fourth-order valence-corrected chi connectivity index (χ4v) is 2.07. The van der Waals surface area contributed by atoms with Gasteiger partial charge in [0.1, 0.15) is 5.82 Å².